The molecule has 0 atom stereocenters. The highest BCUT2D eigenvalue weighted by molar-refractivity contribution is 7.90. The standard InChI is InChI=1S/C10H12Cl2N2O3S/c1-18(16,17)3-2-9(15)14-10-7(12)4-6(11)5-8(10)13/h4-5H,2-3,13H2,1H3,(H,14,15). The van der Waals surface area contributed by atoms with Crippen LogP contribution in [0.3, 0.4) is 0 Å². The molecule has 0 aliphatic heterocycles. The van der Waals surface area contributed by atoms with Crippen molar-refractivity contribution in [2.75, 3.05) is 23.1 Å². The van der Waals surface area contributed by atoms with Gasteiger partial charge in [0.1, 0.15) is 9.84 Å². The lowest BCUT2D eigenvalue weighted by Gasteiger charge is -2.10. The first-order valence-electron chi connectivity index (χ1n) is 4.91. The molecule has 1 amide bonds. The van der Waals surface area contributed by atoms with Crippen molar-refractivity contribution in [1.29, 1.82) is 0 Å². The van der Waals surface area contributed by atoms with Gasteiger partial charge in [-0.05, 0) is 12.1 Å². The Morgan fingerprint density at radius 3 is 2.50 bits per heavy atom. The van der Waals surface area contributed by atoms with E-state index in [4.69, 9.17) is 28.9 Å². The number of benzene rings is 1. The van der Waals surface area contributed by atoms with Crippen molar-refractivity contribution in [3.05, 3.63) is 22.2 Å². The minimum Gasteiger partial charge on any atom is -0.397 e. The van der Waals surface area contributed by atoms with Crippen LogP contribution in [0.15, 0.2) is 12.1 Å². The highest BCUT2D eigenvalue weighted by atomic mass is 35.5. The van der Waals surface area contributed by atoms with Crippen molar-refractivity contribution >= 4 is 50.3 Å². The van der Waals surface area contributed by atoms with E-state index in [1.165, 1.54) is 12.1 Å². The fourth-order valence-corrected chi connectivity index (χ4v) is 2.32. The largest absolute Gasteiger partial charge is 0.397 e. The number of rotatable bonds is 4. The molecule has 0 unspecified atom stereocenters. The Kier molecular flexibility index (Phi) is 4.84. The van der Waals surface area contributed by atoms with Crippen molar-refractivity contribution in [2.45, 2.75) is 6.42 Å². The van der Waals surface area contributed by atoms with Crippen LogP contribution in [-0.2, 0) is 14.6 Å². The number of nitrogen functional groups attached to an aromatic ring is 1. The van der Waals surface area contributed by atoms with Gasteiger partial charge in [0.25, 0.3) is 0 Å². The molecule has 8 heteroatoms. The molecule has 1 aromatic carbocycles. The predicted octanol–water partition coefficient (Wildman–Crippen LogP) is 1.95. The van der Waals surface area contributed by atoms with Crippen LogP contribution in [0.4, 0.5) is 11.4 Å². The molecule has 0 aliphatic carbocycles. The smallest absolute Gasteiger partial charge is 0.225 e. The lowest BCUT2D eigenvalue weighted by atomic mass is 10.2. The zero-order valence-corrected chi connectivity index (χ0v) is 11.9. The van der Waals surface area contributed by atoms with Gasteiger partial charge in [-0.3, -0.25) is 4.79 Å². The molecular formula is C10H12Cl2N2O3S. The monoisotopic (exact) mass is 310 g/mol. The van der Waals surface area contributed by atoms with E-state index in [1.807, 2.05) is 0 Å². The van der Waals surface area contributed by atoms with E-state index >= 15 is 0 Å². The lowest BCUT2D eigenvalue weighted by Crippen LogP contribution is -2.17. The first-order chi connectivity index (χ1) is 8.19. The Balaban J connectivity index is 2.77. The second-order valence-electron chi connectivity index (χ2n) is 3.78. The first-order valence-corrected chi connectivity index (χ1v) is 7.73. The number of carbonyl (C=O) groups excluding carboxylic acids is 1. The molecular weight excluding hydrogens is 299 g/mol. The third-order valence-corrected chi connectivity index (χ3v) is 3.51. The molecule has 1 rings (SSSR count). The predicted molar refractivity (Wildman–Crippen MR) is 73.8 cm³/mol. The minimum atomic E-state index is -3.18. The molecule has 0 spiro atoms. The summed E-state index contributed by atoms with van der Waals surface area (Å²) >= 11 is 11.6. The maximum atomic E-state index is 11.5. The Bertz CT molecular complexity index is 549. The third-order valence-electron chi connectivity index (χ3n) is 2.05. The molecule has 18 heavy (non-hydrogen) atoms. The number of nitrogens with two attached hydrogens (primary N) is 1. The number of amides is 1. The van der Waals surface area contributed by atoms with Gasteiger partial charge in [-0.25, -0.2) is 8.42 Å². The molecule has 3 N–H and O–H groups in total. The van der Waals surface area contributed by atoms with Gasteiger partial charge in [0.15, 0.2) is 0 Å². The Morgan fingerprint density at radius 1 is 1.39 bits per heavy atom. The average molecular weight is 311 g/mol. The number of anilines is 2. The molecule has 0 fully saturated rings. The average Bonchev–Trinajstić information content (AvgIpc) is 2.19. The van der Waals surface area contributed by atoms with Gasteiger partial charge < -0.3 is 11.1 Å². The maximum absolute atomic E-state index is 11.5. The van der Waals surface area contributed by atoms with Crippen molar-refractivity contribution in [3.63, 3.8) is 0 Å². The number of carbonyl (C=O) groups is 1. The Hall–Kier alpha value is -0.980. The molecule has 0 heterocycles. The van der Waals surface area contributed by atoms with E-state index in [2.05, 4.69) is 5.32 Å². The zero-order valence-electron chi connectivity index (χ0n) is 9.54. The summed E-state index contributed by atoms with van der Waals surface area (Å²) in [6.45, 7) is 0. The number of halogens is 2. The summed E-state index contributed by atoms with van der Waals surface area (Å²) in [5.74, 6) is -0.708. The number of hydrogen-bond donors (Lipinski definition) is 2. The topological polar surface area (TPSA) is 89.3 Å². The van der Waals surface area contributed by atoms with Crippen molar-refractivity contribution in [2.24, 2.45) is 0 Å². The molecule has 1 aromatic rings. The van der Waals surface area contributed by atoms with E-state index in [1.54, 1.807) is 0 Å². The summed E-state index contributed by atoms with van der Waals surface area (Å²) in [7, 11) is -3.18. The van der Waals surface area contributed by atoms with Crippen LogP contribution in [0, 0.1) is 0 Å². The summed E-state index contributed by atoms with van der Waals surface area (Å²) in [5.41, 5.74) is 6.11. The maximum Gasteiger partial charge on any atom is 0.225 e. The molecule has 0 saturated carbocycles. The van der Waals surface area contributed by atoms with Crippen LogP contribution >= 0.6 is 23.2 Å². The van der Waals surface area contributed by atoms with Crippen molar-refractivity contribution in [1.82, 2.24) is 0 Å². The first kappa shape index (κ1) is 15.1. The highest BCUT2D eigenvalue weighted by Crippen LogP contribution is 2.32. The SMILES string of the molecule is CS(=O)(=O)CCC(=O)Nc1c(N)cc(Cl)cc1Cl. The Labute approximate surface area is 115 Å². The minimum absolute atomic E-state index is 0.156. The molecule has 0 bridgehead atoms. The molecule has 0 saturated heterocycles. The van der Waals surface area contributed by atoms with Gasteiger partial charge in [-0.2, -0.15) is 0 Å². The molecule has 0 radical (unpaired) electrons. The number of hydrogen-bond acceptors (Lipinski definition) is 4. The fourth-order valence-electron chi connectivity index (χ4n) is 1.21. The fraction of sp³-hybridized carbons (Fsp3) is 0.300. The van der Waals surface area contributed by atoms with Crippen molar-refractivity contribution in [3.8, 4) is 0 Å². The summed E-state index contributed by atoms with van der Waals surface area (Å²) in [4.78, 5) is 11.5. The summed E-state index contributed by atoms with van der Waals surface area (Å²) < 4.78 is 21.8. The second-order valence-corrected chi connectivity index (χ2v) is 6.88. The van der Waals surface area contributed by atoms with Gasteiger partial charge in [-0.15, -0.1) is 0 Å². The van der Waals surface area contributed by atoms with Crippen LogP contribution in [0.2, 0.25) is 10.0 Å². The molecule has 0 aliphatic rings. The van der Waals surface area contributed by atoms with Gasteiger partial charge in [-0.1, -0.05) is 23.2 Å². The van der Waals surface area contributed by atoms with Gasteiger partial charge in [0, 0.05) is 17.7 Å². The van der Waals surface area contributed by atoms with Crippen molar-refractivity contribution < 1.29 is 13.2 Å². The summed E-state index contributed by atoms with van der Waals surface area (Å²) in [5, 5.41) is 3.01. The normalized spacial score (nSPS) is 11.3. The number of nitrogens with one attached hydrogen (secondary N) is 1. The lowest BCUT2D eigenvalue weighted by molar-refractivity contribution is -0.115. The van der Waals surface area contributed by atoms with Crippen LogP contribution in [0.1, 0.15) is 6.42 Å². The summed E-state index contributed by atoms with van der Waals surface area (Å²) in [6, 6.07) is 2.88. The molecule has 5 nitrogen and oxygen atoms in total. The second kappa shape index (κ2) is 5.77. The Morgan fingerprint density at radius 2 is 2.00 bits per heavy atom. The van der Waals surface area contributed by atoms with E-state index in [-0.39, 0.29) is 28.6 Å². The summed E-state index contributed by atoms with van der Waals surface area (Å²) in [6.07, 6.45) is 0.904. The third kappa shape index (κ3) is 4.72. The van der Waals surface area contributed by atoms with E-state index in [9.17, 15) is 13.2 Å². The highest BCUT2D eigenvalue weighted by Gasteiger charge is 2.12. The van der Waals surface area contributed by atoms with Crippen LogP contribution in [-0.4, -0.2) is 26.3 Å². The van der Waals surface area contributed by atoms with Gasteiger partial charge in [0.05, 0.1) is 22.2 Å². The van der Waals surface area contributed by atoms with Crippen LogP contribution < -0.4 is 11.1 Å². The van der Waals surface area contributed by atoms with E-state index in [0.29, 0.717) is 5.02 Å². The number of sulfone groups is 1. The molecule has 0 aromatic heterocycles. The van der Waals surface area contributed by atoms with Crippen LogP contribution in [0.5, 0.6) is 0 Å². The quantitative estimate of drug-likeness (QED) is 0.832. The van der Waals surface area contributed by atoms with E-state index in [0.717, 1.165) is 6.26 Å². The van der Waals surface area contributed by atoms with Gasteiger partial charge >= 0.3 is 0 Å². The van der Waals surface area contributed by atoms with E-state index < -0.39 is 15.7 Å². The molecule has 100 valence electrons. The van der Waals surface area contributed by atoms with Crippen LogP contribution in [0.25, 0.3) is 0 Å². The zero-order chi connectivity index (χ0) is 13.9. The van der Waals surface area contributed by atoms with Gasteiger partial charge in [0.2, 0.25) is 5.91 Å².